The van der Waals surface area contributed by atoms with Crippen LogP contribution in [0.2, 0.25) is 0 Å². The Morgan fingerprint density at radius 1 is 1.30 bits per heavy atom. The highest BCUT2D eigenvalue weighted by molar-refractivity contribution is 7.11. The molecule has 23 heavy (non-hydrogen) atoms. The number of hydrogen-bond acceptors (Lipinski definition) is 4. The van der Waals surface area contributed by atoms with E-state index in [4.69, 9.17) is 5.73 Å². The van der Waals surface area contributed by atoms with Crippen molar-refractivity contribution in [2.45, 2.75) is 32.7 Å². The van der Waals surface area contributed by atoms with Gasteiger partial charge in [0.05, 0.1) is 6.54 Å². The first-order chi connectivity index (χ1) is 10.1. The summed E-state index contributed by atoms with van der Waals surface area (Å²) in [7, 11) is 1.82. The van der Waals surface area contributed by atoms with Crippen LogP contribution >= 0.6 is 36.2 Å². The molecule has 0 aliphatic heterocycles. The summed E-state index contributed by atoms with van der Waals surface area (Å²) in [5.74, 6) is 0.117. The molecule has 0 saturated carbocycles. The Labute approximate surface area is 153 Å². The summed E-state index contributed by atoms with van der Waals surface area (Å²) in [6.45, 7) is 2.68. The lowest BCUT2D eigenvalue weighted by molar-refractivity contribution is -0.130. The fourth-order valence-corrected chi connectivity index (χ4v) is 2.99. The molecule has 2 rings (SSSR count). The van der Waals surface area contributed by atoms with E-state index in [1.165, 1.54) is 4.88 Å². The van der Waals surface area contributed by atoms with Crippen LogP contribution in [-0.2, 0) is 24.2 Å². The van der Waals surface area contributed by atoms with E-state index in [0.717, 1.165) is 22.7 Å². The van der Waals surface area contributed by atoms with Crippen LogP contribution in [0, 0.1) is 0 Å². The lowest BCUT2D eigenvalue weighted by atomic mass is 10.1. The van der Waals surface area contributed by atoms with Gasteiger partial charge in [0.2, 0.25) is 5.91 Å². The van der Waals surface area contributed by atoms with Crippen molar-refractivity contribution in [3.8, 4) is 0 Å². The second kappa shape index (κ2) is 10.5. The predicted octanol–water partition coefficient (Wildman–Crippen LogP) is 3.72. The van der Waals surface area contributed by atoms with E-state index in [-0.39, 0.29) is 30.7 Å². The number of para-hydroxylation sites is 1. The van der Waals surface area contributed by atoms with E-state index < -0.39 is 0 Å². The van der Waals surface area contributed by atoms with Gasteiger partial charge in [-0.2, -0.15) is 0 Å². The van der Waals surface area contributed by atoms with Crippen LogP contribution in [0.25, 0.3) is 0 Å². The van der Waals surface area contributed by atoms with Gasteiger partial charge in [-0.05, 0) is 24.5 Å². The van der Waals surface area contributed by atoms with Gasteiger partial charge in [-0.3, -0.25) is 4.79 Å². The molecule has 1 amide bonds. The number of halogens is 2. The highest BCUT2D eigenvalue weighted by atomic mass is 35.5. The minimum Gasteiger partial charge on any atom is -0.399 e. The molecule has 0 spiro atoms. The van der Waals surface area contributed by atoms with Gasteiger partial charge in [-0.15, -0.1) is 36.2 Å². The topological polar surface area (TPSA) is 59.2 Å². The van der Waals surface area contributed by atoms with Crippen LogP contribution in [-0.4, -0.2) is 22.8 Å². The second-order valence-electron chi connectivity index (χ2n) is 5.02. The van der Waals surface area contributed by atoms with Gasteiger partial charge in [0.25, 0.3) is 0 Å². The first-order valence-corrected chi connectivity index (χ1v) is 7.92. The van der Waals surface area contributed by atoms with E-state index in [1.807, 2.05) is 37.5 Å². The van der Waals surface area contributed by atoms with Crippen LogP contribution in [0.3, 0.4) is 0 Å². The van der Waals surface area contributed by atoms with Gasteiger partial charge in [0.1, 0.15) is 5.01 Å². The average molecular weight is 376 g/mol. The third-order valence-corrected chi connectivity index (χ3v) is 4.54. The van der Waals surface area contributed by atoms with Crippen molar-refractivity contribution < 1.29 is 4.79 Å². The number of nitrogens with two attached hydrogens (primary N) is 1. The summed E-state index contributed by atoms with van der Waals surface area (Å²) < 4.78 is 0. The van der Waals surface area contributed by atoms with Gasteiger partial charge >= 0.3 is 0 Å². The number of anilines is 1. The zero-order valence-corrected chi connectivity index (χ0v) is 15.8. The van der Waals surface area contributed by atoms with Gasteiger partial charge in [-0.25, -0.2) is 4.98 Å². The van der Waals surface area contributed by atoms with Crippen molar-refractivity contribution in [2.24, 2.45) is 0 Å². The Kier molecular flexibility index (Phi) is 9.88. The number of rotatable bonds is 6. The fraction of sp³-hybridized carbons (Fsp3) is 0.375. The number of carbonyl (C=O) groups excluding carboxylic acids is 1. The van der Waals surface area contributed by atoms with Gasteiger partial charge < -0.3 is 10.6 Å². The molecule has 0 bridgehead atoms. The van der Waals surface area contributed by atoms with E-state index in [0.29, 0.717) is 19.4 Å². The SMILES string of the molecule is CCc1cnc(CN(C)C(=O)CCc2ccccc2N)s1.Cl.Cl. The van der Waals surface area contributed by atoms with Crippen molar-refractivity contribution in [1.82, 2.24) is 9.88 Å². The number of benzene rings is 1. The summed E-state index contributed by atoms with van der Waals surface area (Å²) in [6.07, 6.45) is 4.02. The van der Waals surface area contributed by atoms with Crippen molar-refractivity contribution in [1.29, 1.82) is 0 Å². The Morgan fingerprint density at radius 3 is 2.61 bits per heavy atom. The fourth-order valence-electron chi connectivity index (χ4n) is 2.07. The van der Waals surface area contributed by atoms with Crippen molar-refractivity contribution in [3.05, 3.63) is 45.9 Å². The molecular formula is C16H23Cl2N3OS. The van der Waals surface area contributed by atoms with Crippen LogP contribution < -0.4 is 5.73 Å². The predicted molar refractivity (Wildman–Crippen MR) is 102 cm³/mol. The zero-order chi connectivity index (χ0) is 15.2. The van der Waals surface area contributed by atoms with Crippen molar-refractivity contribution in [3.63, 3.8) is 0 Å². The van der Waals surface area contributed by atoms with Gasteiger partial charge in [0.15, 0.2) is 0 Å². The lowest BCUT2D eigenvalue weighted by Gasteiger charge is -2.16. The number of nitrogens with zero attached hydrogens (tertiary/aromatic N) is 2. The van der Waals surface area contributed by atoms with Gasteiger partial charge in [-0.1, -0.05) is 25.1 Å². The monoisotopic (exact) mass is 375 g/mol. The molecule has 1 aromatic heterocycles. The number of carbonyl (C=O) groups is 1. The molecule has 0 atom stereocenters. The largest absolute Gasteiger partial charge is 0.399 e. The maximum atomic E-state index is 12.2. The highest BCUT2D eigenvalue weighted by Crippen LogP contribution is 2.16. The summed E-state index contributed by atoms with van der Waals surface area (Å²) in [5.41, 5.74) is 7.67. The molecule has 1 aromatic carbocycles. The Balaban J connectivity index is 0.00000242. The van der Waals surface area contributed by atoms with Crippen LogP contribution in [0.5, 0.6) is 0 Å². The molecule has 0 aliphatic carbocycles. The van der Waals surface area contributed by atoms with Crippen LogP contribution in [0.1, 0.15) is 28.8 Å². The molecule has 0 fully saturated rings. The number of nitrogen functional groups attached to an aromatic ring is 1. The number of hydrogen-bond donors (Lipinski definition) is 1. The quantitative estimate of drug-likeness (QED) is 0.782. The Bertz CT molecular complexity index is 619. The third kappa shape index (κ3) is 6.37. The highest BCUT2D eigenvalue weighted by Gasteiger charge is 2.12. The molecular weight excluding hydrogens is 353 g/mol. The van der Waals surface area contributed by atoms with Crippen LogP contribution in [0.15, 0.2) is 30.5 Å². The molecule has 128 valence electrons. The van der Waals surface area contributed by atoms with Crippen LogP contribution in [0.4, 0.5) is 5.69 Å². The molecule has 0 unspecified atom stereocenters. The first kappa shape index (κ1) is 21.7. The normalized spacial score (nSPS) is 9.65. The maximum absolute atomic E-state index is 12.2. The average Bonchev–Trinajstić information content (AvgIpc) is 2.93. The van der Waals surface area contributed by atoms with Gasteiger partial charge in [0, 0.05) is 30.2 Å². The Hall–Kier alpha value is -1.30. The summed E-state index contributed by atoms with van der Waals surface area (Å²) in [5, 5.41) is 0.988. The standard InChI is InChI=1S/C16H21N3OS.2ClH/c1-3-13-10-18-15(21-13)11-19(2)16(20)9-8-12-6-4-5-7-14(12)17;;/h4-7,10H,3,8-9,11,17H2,1-2H3;2*1H. The molecule has 4 nitrogen and oxygen atoms in total. The molecule has 0 saturated heterocycles. The van der Waals surface area contributed by atoms with Crippen molar-refractivity contribution >= 4 is 47.7 Å². The second-order valence-corrected chi connectivity index (χ2v) is 6.22. The smallest absolute Gasteiger partial charge is 0.223 e. The number of aryl methyl sites for hydroxylation is 2. The molecule has 2 N–H and O–H groups in total. The third-order valence-electron chi connectivity index (χ3n) is 3.41. The molecule has 0 aliphatic rings. The van der Waals surface area contributed by atoms with E-state index >= 15 is 0 Å². The van der Waals surface area contributed by atoms with E-state index in [9.17, 15) is 4.79 Å². The van der Waals surface area contributed by atoms with E-state index in [2.05, 4.69) is 11.9 Å². The lowest BCUT2D eigenvalue weighted by Crippen LogP contribution is -2.26. The summed E-state index contributed by atoms with van der Waals surface area (Å²) in [6, 6.07) is 7.69. The number of aromatic nitrogens is 1. The number of amides is 1. The summed E-state index contributed by atoms with van der Waals surface area (Å²) >= 11 is 1.67. The molecule has 2 aromatic rings. The first-order valence-electron chi connectivity index (χ1n) is 7.11. The molecule has 0 radical (unpaired) electrons. The minimum absolute atomic E-state index is 0. The summed E-state index contributed by atoms with van der Waals surface area (Å²) in [4.78, 5) is 19.5. The molecule has 1 heterocycles. The Morgan fingerprint density at radius 2 is 2.00 bits per heavy atom. The minimum atomic E-state index is 0. The molecule has 7 heteroatoms. The van der Waals surface area contributed by atoms with E-state index in [1.54, 1.807) is 16.2 Å². The van der Waals surface area contributed by atoms with Crippen molar-refractivity contribution in [2.75, 3.05) is 12.8 Å². The maximum Gasteiger partial charge on any atom is 0.223 e. The zero-order valence-electron chi connectivity index (χ0n) is 13.3. The number of thiazole rings is 1.